The fraction of sp³-hybridized carbons (Fsp3) is 0.533. The Balaban J connectivity index is 1.66. The van der Waals surface area contributed by atoms with Crippen LogP contribution in [0.2, 0.25) is 0 Å². The van der Waals surface area contributed by atoms with E-state index in [0.29, 0.717) is 0 Å². The molecule has 0 radical (unpaired) electrons. The maximum atomic E-state index is 10.9. The molecule has 0 atom stereocenters. The summed E-state index contributed by atoms with van der Waals surface area (Å²) in [6.07, 6.45) is 2.72. The summed E-state index contributed by atoms with van der Waals surface area (Å²) in [4.78, 5) is 13.3. The minimum absolute atomic E-state index is 0.0333. The lowest BCUT2D eigenvalue weighted by Crippen LogP contribution is -2.30. The van der Waals surface area contributed by atoms with Crippen molar-refractivity contribution in [2.45, 2.75) is 32.4 Å². The average molecular weight is 261 g/mol. The molecule has 2 rings (SSSR count). The number of carbonyl (C=O) groups excluding carboxylic acids is 1. The summed E-state index contributed by atoms with van der Waals surface area (Å²) in [7, 11) is 2.20. The van der Waals surface area contributed by atoms with Gasteiger partial charge < -0.3 is 15.5 Å². The van der Waals surface area contributed by atoms with Crippen LogP contribution in [0.3, 0.4) is 0 Å². The third kappa shape index (κ3) is 5.01. The largest absolute Gasteiger partial charge is 0.326 e. The third-order valence-electron chi connectivity index (χ3n) is 3.41. The standard InChI is InChI=1S/C15H23N3O/c1-12(19)17-14-5-3-13(4-6-14)11-16-9-10-18(2)15-7-8-15/h3-6,15-16H,7-11H2,1-2H3,(H,17,19). The minimum atomic E-state index is -0.0333. The number of carbonyl (C=O) groups is 1. The van der Waals surface area contributed by atoms with Gasteiger partial charge in [0.2, 0.25) is 5.91 Å². The van der Waals surface area contributed by atoms with E-state index in [-0.39, 0.29) is 5.91 Å². The van der Waals surface area contributed by atoms with E-state index in [1.54, 1.807) is 0 Å². The molecule has 1 aromatic carbocycles. The molecule has 0 spiro atoms. The summed E-state index contributed by atoms with van der Waals surface area (Å²) in [5.41, 5.74) is 2.09. The van der Waals surface area contributed by atoms with E-state index in [2.05, 4.69) is 22.6 Å². The molecule has 0 heterocycles. The second kappa shape index (κ2) is 6.68. The van der Waals surface area contributed by atoms with Crippen molar-refractivity contribution in [1.29, 1.82) is 0 Å². The number of nitrogens with one attached hydrogen (secondary N) is 2. The van der Waals surface area contributed by atoms with Crippen molar-refractivity contribution in [2.75, 3.05) is 25.5 Å². The molecular weight excluding hydrogens is 238 g/mol. The summed E-state index contributed by atoms with van der Waals surface area (Å²) in [5, 5.41) is 6.21. The molecular formula is C15H23N3O. The van der Waals surface area contributed by atoms with Crippen LogP contribution in [0.15, 0.2) is 24.3 Å². The van der Waals surface area contributed by atoms with Crippen LogP contribution >= 0.6 is 0 Å². The molecule has 4 nitrogen and oxygen atoms in total. The lowest BCUT2D eigenvalue weighted by atomic mass is 10.2. The Bertz CT molecular complexity index is 412. The molecule has 1 fully saturated rings. The van der Waals surface area contributed by atoms with Crippen molar-refractivity contribution < 1.29 is 4.79 Å². The van der Waals surface area contributed by atoms with E-state index in [1.807, 2.05) is 24.3 Å². The van der Waals surface area contributed by atoms with Gasteiger partial charge in [0.25, 0.3) is 0 Å². The van der Waals surface area contributed by atoms with Crippen molar-refractivity contribution in [3.05, 3.63) is 29.8 Å². The zero-order valence-electron chi connectivity index (χ0n) is 11.8. The third-order valence-corrected chi connectivity index (χ3v) is 3.41. The molecule has 0 bridgehead atoms. The van der Waals surface area contributed by atoms with E-state index in [9.17, 15) is 4.79 Å². The monoisotopic (exact) mass is 261 g/mol. The number of likely N-dealkylation sites (N-methyl/N-ethyl adjacent to an activating group) is 1. The smallest absolute Gasteiger partial charge is 0.221 e. The molecule has 0 saturated heterocycles. The van der Waals surface area contributed by atoms with Crippen LogP contribution in [0.1, 0.15) is 25.3 Å². The van der Waals surface area contributed by atoms with Crippen LogP contribution in [0.5, 0.6) is 0 Å². The van der Waals surface area contributed by atoms with Gasteiger partial charge >= 0.3 is 0 Å². The molecule has 19 heavy (non-hydrogen) atoms. The van der Waals surface area contributed by atoms with Gasteiger partial charge in [0, 0.05) is 38.3 Å². The number of nitrogens with zero attached hydrogens (tertiary/aromatic N) is 1. The van der Waals surface area contributed by atoms with Gasteiger partial charge in [0.1, 0.15) is 0 Å². The Labute approximate surface area is 115 Å². The van der Waals surface area contributed by atoms with Gasteiger partial charge in [-0.25, -0.2) is 0 Å². The number of amides is 1. The Morgan fingerprint density at radius 1 is 1.32 bits per heavy atom. The predicted octanol–water partition coefficient (Wildman–Crippen LogP) is 1.83. The van der Waals surface area contributed by atoms with E-state index in [1.165, 1.54) is 25.3 Å². The van der Waals surface area contributed by atoms with Gasteiger partial charge in [-0.1, -0.05) is 12.1 Å². The lowest BCUT2D eigenvalue weighted by Gasteiger charge is -2.15. The van der Waals surface area contributed by atoms with E-state index < -0.39 is 0 Å². The van der Waals surface area contributed by atoms with E-state index >= 15 is 0 Å². The topological polar surface area (TPSA) is 44.4 Å². The van der Waals surface area contributed by atoms with Gasteiger partial charge in [-0.05, 0) is 37.6 Å². The lowest BCUT2D eigenvalue weighted by molar-refractivity contribution is -0.114. The van der Waals surface area contributed by atoms with Gasteiger partial charge in [-0.15, -0.1) is 0 Å². The average Bonchev–Trinajstić information content (AvgIpc) is 3.20. The van der Waals surface area contributed by atoms with Crippen LogP contribution in [-0.2, 0) is 11.3 Å². The second-order valence-electron chi connectivity index (χ2n) is 5.27. The number of benzene rings is 1. The Hall–Kier alpha value is -1.39. The first-order valence-electron chi connectivity index (χ1n) is 6.92. The van der Waals surface area contributed by atoms with Crippen molar-refractivity contribution in [1.82, 2.24) is 10.2 Å². The Morgan fingerprint density at radius 3 is 2.58 bits per heavy atom. The summed E-state index contributed by atoms with van der Waals surface area (Å²) in [5.74, 6) is -0.0333. The first-order chi connectivity index (χ1) is 9.15. The summed E-state index contributed by atoms with van der Waals surface area (Å²) in [6.45, 7) is 4.51. The quantitative estimate of drug-likeness (QED) is 0.736. The molecule has 0 unspecified atom stereocenters. The molecule has 1 aromatic rings. The van der Waals surface area contributed by atoms with Crippen LogP contribution in [0, 0.1) is 0 Å². The van der Waals surface area contributed by atoms with Crippen molar-refractivity contribution in [3.63, 3.8) is 0 Å². The SMILES string of the molecule is CC(=O)Nc1ccc(CNCCN(C)C2CC2)cc1. The second-order valence-corrected chi connectivity index (χ2v) is 5.27. The van der Waals surface area contributed by atoms with Gasteiger partial charge in [0.15, 0.2) is 0 Å². The molecule has 0 aromatic heterocycles. The van der Waals surface area contributed by atoms with Crippen LogP contribution in [0.25, 0.3) is 0 Å². The van der Waals surface area contributed by atoms with E-state index in [0.717, 1.165) is 31.4 Å². The van der Waals surface area contributed by atoms with Crippen molar-refractivity contribution in [2.24, 2.45) is 0 Å². The fourth-order valence-corrected chi connectivity index (χ4v) is 2.10. The minimum Gasteiger partial charge on any atom is -0.326 e. The molecule has 4 heteroatoms. The normalized spacial score (nSPS) is 14.7. The fourth-order valence-electron chi connectivity index (χ4n) is 2.10. The van der Waals surface area contributed by atoms with E-state index in [4.69, 9.17) is 0 Å². The van der Waals surface area contributed by atoms with Gasteiger partial charge in [-0.3, -0.25) is 4.79 Å². The molecule has 1 aliphatic carbocycles. The van der Waals surface area contributed by atoms with Crippen LogP contribution in [0.4, 0.5) is 5.69 Å². The van der Waals surface area contributed by atoms with Crippen molar-refractivity contribution in [3.8, 4) is 0 Å². The van der Waals surface area contributed by atoms with Crippen molar-refractivity contribution >= 4 is 11.6 Å². The number of hydrogen-bond donors (Lipinski definition) is 2. The molecule has 2 N–H and O–H groups in total. The maximum absolute atomic E-state index is 10.9. The molecule has 104 valence electrons. The number of hydrogen-bond acceptors (Lipinski definition) is 3. The predicted molar refractivity (Wildman–Crippen MR) is 78.1 cm³/mol. The Morgan fingerprint density at radius 2 is 2.00 bits per heavy atom. The van der Waals surface area contributed by atoms with Crippen LogP contribution in [-0.4, -0.2) is 37.0 Å². The maximum Gasteiger partial charge on any atom is 0.221 e. The van der Waals surface area contributed by atoms with Gasteiger partial charge in [-0.2, -0.15) is 0 Å². The summed E-state index contributed by atoms with van der Waals surface area (Å²) < 4.78 is 0. The summed E-state index contributed by atoms with van der Waals surface area (Å²) >= 11 is 0. The molecule has 1 saturated carbocycles. The molecule has 1 aliphatic rings. The van der Waals surface area contributed by atoms with Crippen LogP contribution < -0.4 is 10.6 Å². The molecule has 0 aliphatic heterocycles. The van der Waals surface area contributed by atoms with Gasteiger partial charge in [0.05, 0.1) is 0 Å². The highest BCUT2D eigenvalue weighted by Gasteiger charge is 2.25. The highest BCUT2D eigenvalue weighted by atomic mass is 16.1. The first-order valence-corrected chi connectivity index (χ1v) is 6.92. The highest BCUT2D eigenvalue weighted by Crippen LogP contribution is 2.24. The zero-order valence-corrected chi connectivity index (χ0v) is 11.8. The zero-order chi connectivity index (χ0) is 13.7. The first kappa shape index (κ1) is 14.0. The Kier molecular flexibility index (Phi) is 4.93. The highest BCUT2D eigenvalue weighted by molar-refractivity contribution is 5.88. The summed E-state index contributed by atoms with van der Waals surface area (Å²) in [6, 6.07) is 8.80. The number of rotatable bonds is 7. The number of anilines is 1. The molecule has 1 amide bonds.